The number of anilines is 1. The van der Waals surface area contributed by atoms with Gasteiger partial charge in [0.1, 0.15) is 5.54 Å². The maximum absolute atomic E-state index is 12.3. The average Bonchev–Trinajstić information content (AvgIpc) is 3.33. The summed E-state index contributed by atoms with van der Waals surface area (Å²) < 4.78 is 5.12. The van der Waals surface area contributed by atoms with E-state index in [4.69, 9.17) is 4.74 Å². The first-order valence-corrected chi connectivity index (χ1v) is 9.74. The highest BCUT2D eigenvalue weighted by Crippen LogP contribution is 2.29. The molecule has 0 bridgehead atoms. The molecule has 0 aromatic heterocycles. The molecule has 1 saturated heterocycles. The first-order valence-electron chi connectivity index (χ1n) is 9.74. The average molecular weight is 383 g/mol. The molecule has 148 valence electrons. The Morgan fingerprint density at radius 3 is 2.57 bits per heavy atom. The molecule has 2 aliphatic rings. The van der Waals surface area contributed by atoms with E-state index in [0.717, 1.165) is 24.9 Å². The Kier molecular flexibility index (Phi) is 5.98. The van der Waals surface area contributed by atoms with Crippen LogP contribution in [-0.4, -0.2) is 36.5 Å². The molecule has 1 aromatic carbocycles. The van der Waals surface area contributed by atoms with Crippen molar-refractivity contribution in [3.63, 3.8) is 0 Å². The number of carbonyl (C=O) groups is 3. The molecule has 1 N–H and O–H groups in total. The van der Waals surface area contributed by atoms with Crippen LogP contribution in [0.2, 0.25) is 0 Å². The van der Waals surface area contributed by atoms with E-state index in [-0.39, 0.29) is 18.9 Å². The van der Waals surface area contributed by atoms with Crippen molar-refractivity contribution in [1.29, 1.82) is 5.26 Å². The van der Waals surface area contributed by atoms with E-state index in [2.05, 4.69) is 18.3 Å². The molecule has 28 heavy (non-hydrogen) atoms. The lowest BCUT2D eigenvalue weighted by Gasteiger charge is -2.22. The van der Waals surface area contributed by atoms with Crippen LogP contribution in [0.25, 0.3) is 0 Å². The standard InChI is InChI=1S/C21H25N3O4/c1-2-15-5-7-17(8-6-15)24-12-16(11-19(24)26)20(27)28-13-18(25)23-21(14-22)9-3-4-10-21/h5-8,16H,2-4,9-13H2,1H3,(H,23,25)/t16-/m1/s1. The second-order valence-corrected chi connectivity index (χ2v) is 7.48. The third-order valence-electron chi connectivity index (χ3n) is 5.51. The monoisotopic (exact) mass is 383 g/mol. The molecule has 0 spiro atoms. The van der Waals surface area contributed by atoms with Gasteiger partial charge in [-0.05, 0) is 49.8 Å². The number of nitrogens with zero attached hydrogens (tertiary/aromatic N) is 2. The molecule has 1 heterocycles. The summed E-state index contributed by atoms with van der Waals surface area (Å²) in [5.74, 6) is -1.77. The third kappa shape index (κ3) is 4.33. The lowest BCUT2D eigenvalue weighted by atomic mass is 10.00. The zero-order valence-electron chi connectivity index (χ0n) is 16.1. The van der Waals surface area contributed by atoms with Crippen LogP contribution in [0.3, 0.4) is 0 Å². The van der Waals surface area contributed by atoms with E-state index < -0.39 is 29.9 Å². The lowest BCUT2D eigenvalue weighted by molar-refractivity contribution is -0.152. The summed E-state index contributed by atoms with van der Waals surface area (Å²) in [4.78, 5) is 38.3. The predicted molar refractivity (Wildman–Crippen MR) is 102 cm³/mol. The zero-order chi connectivity index (χ0) is 20.1. The summed E-state index contributed by atoms with van der Waals surface area (Å²) >= 11 is 0. The molecule has 1 aliphatic carbocycles. The van der Waals surface area contributed by atoms with Crippen molar-refractivity contribution in [2.75, 3.05) is 18.1 Å². The zero-order valence-corrected chi connectivity index (χ0v) is 16.1. The summed E-state index contributed by atoms with van der Waals surface area (Å²) in [5, 5.41) is 12.0. The molecule has 2 fully saturated rings. The largest absolute Gasteiger partial charge is 0.455 e. The number of carbonyl (C=O) groups excluding carboxylic acids is 3. The first kappa shape index (κ1) is 19.9. The normalized spacial score (nSPS) is 20.6. The van der Waals surface area contributed by atoms with Crippen molar-refractivity contribution in [2.24, 2.45) is 5.92 Å². The van der Waals surface area contributed by atoms with Crippen LogP contribution in [0.5, 0.6) is 0 Å². The number of esters is 1. The molecule has 0 radical (unpaired) electrons. The number of hydrogen-bond acceptors (Lipinski definition) is 5. The van der Waals surface area contributed by atoms with Gasteiger partial charge >= 0.3 is 5.97 Å². The Morgan fingerprint density at radius 1 is 1.29 bits per heavy atom. The van der Waals surface area contributed by atoms with Crippen LogP contribution in [-0.2, 0) is 25.5 Å². The molecule has 7 heteroatoms. The number of nitrogens with one attached hydrogen (secondary N) is 1. The lowest BCUT2D eigenvalue weighted by Crippen LogP contribution is -2.47. The highest BCUT2D eigenvalue weighted by Gasteiger charge is 2.38. The molecule has 1 atom stereocenters. The van der Waals surface area contributed by atoms with Gasteiger partial charge in [0.05, 0.1) is 12.0 Å². The van der Waals surface area contributed by atoms with Crippen LogP contribution >= 0.6 is 0 Å². The Bertz CT molecular complexity index is 791. The van der Waals surface area contributed by atoms with Crippen molar-refractivity contribution in [3.8, 4) is 6.07 Å². The van der Waals surface area contributed by atoms with Crippen LogP contribution in [0.4, 0.5) is 5.69 Å². The number of nitriles is 1. The van der Waals surface area contributed by atoms with Crippen molar-refractivity contribution in [2.45, 2.75) is 51.0 Å². The molecular weight excluding hydrogens is 358 g/mol. The van der Waals surface area contributed by atoms with Crippen molar-refractivity contribution in [3.05, 3.63) is 29.8 Å². The van der Waals surface area contributed by atoms with Crippen molar-refractivity contribution < 1.29 is 19.1 Å². The summed E-state index contributed by atoms with van der Waals surface area (Å²) in [6.45, 7) is 1.87. The van der Waals surface area contributed by atoms with E-state index in [1.54, 1.807) is 4.90 Å². The second kappa shape index (κ2) is 8.42. The molecule has 1 aliphatic heterocycles. The van der Waals surface area contributed by atoms with E-state index in [0.29, 0.717) is 12.8 Å². The summed E-state index contributed by atoms with van der Waals surface area (Å²) in [6, 6.07) is 9.85. The van der Waals surface area contributed by atoms with Gasteiger partial charge in [0, 0.05) is 18.7 Å². The second-order valence-electron chi connectivity index (χ2n) is 7.48. The minimum atomic E-state index is -0.839. The van der Waals surface area contributed by atoms with Gasteiger partial charge in [0.25, 0.3) is 5.91 Å². The number of aryl methyl sites for hydroxylation is 1. The molecule has 1 saturated carbocycles. The Balaban J connectivity index is 1.51. The Hall–Kier alpha value is -2.88. The van der Waals surface area contributed by atoms with Crippen LogP contribution in [0.1, 0.15) is 44.6 Å². The quantitative estimate of drug-likeness (QED) is 0.759. The fourth-order valence-corrected chi connectivity index (χ4v) is 3.83. The smallest absolute Gasteiger partial charge is 0.311 e. The molecular formula is C21H25N3O4. The van der Waals surface area contributed by atoms with Gasteiger partial charge in [-0.15, -0.1) is 0 Å². The van der Waals surface area contributed by atoms with Crippen molar-refractivity contribution >= 4 is 23.5 Å². The van der Waals surface area contributed by atoms with Gasteiger partial charge in [-0.1, -0.05) is 19.1 Å². The van der Waals surface area contributed by atoms with Gasteiger partial charge < -0.3 is 15.0 Å². The fourth-order valence-electron chi connectivity index (χ4n) is 3.83. The number of ether oxygens (including phenoxy) is 1. The van der Waals surface area contributed by atoms with Gasteiger partial charge in [0.15, 0.2) is 6.61 Å². The van der Waals surface area contributed by atoms with Gasteiger partial charge in [0.2, 0.25) is 5.91 Å². The Morgan fingerprint density at radius 2 is 1.96 bits per heavy atom. The SMILES string of the molecule is CCc1ccc(N2C[C@H](C(=O)OCC(=O)NC3(C#N)CCCC3)CC2=O)cc1. The number of benzene rings is 1. The molecule has 3 rings (SSSR count). The van der Waals surface area contributed by atoms with Crippen LogP contribution < -0.4 is 10.2 Å². The molecule has 2 amide bonds. The molecule has 1 aromatic rings. The minimum Gasteiger partial charge on any atom is -0.455 e. The minimum absolute atomic E-state index is 0.0676. The maximum Gasteiger partial charge on any atom is 0.311 e. The summed E-state index contributed by atoms with van der Waals surface area (Å²) in [5.41, 5.74) is 1.09. The number of hydrogen-bond donors (Lipinski definition) is 1. The maximum atomic E-state index is 12.3. The van der Waals surface area contributed by atoms with Gasteiger partial charge in [-0.2, -0.15) is 5.26 Å². The topological polar surface area (TPSA) is 99.5 Å². The predicted octanol–water partition coefficient (Wildman–Crippen LogP) is 2.10. The van der Waals surface area contributed by atoms with E-state index in [1.165, 1.54) is 5.56 Å². The highest BCUT2D eigenvalue weighted by molar-refractivity contribution is 5.99. The number of rotatable bonds is 6. The summed E-state index contributed by atoms with van der Waals surface area (Å²) in [7, 11) is 0. The summed E-state index contributed by atoms with van der Waals surface area (Å²) in [6.07, 6.45) is 4.01. The number of amides is 2. The van der Waals surface area contributed by atoms with E-state index >= 15 is 0 Å². The van der Waals surface area contributed by atoms with Crippen LogP contribution in [0, 0.1) is 17.2 Å². The highest BCUT2D eigenvalue weighted by atomic mass is 16.5. The van der Waals surface area contributed by atoms with Crippen LogP contribution in [0.15, 0.2) is 24.3 Å². The first-order chi connectivity index (χ1) is 13.5. The third-order valence-corrected chi connectivity index (χ3v) is 5.51. The Labute approximate surface area is 164 Å². The van der Waals surface area contributed by atoms with Crippen molar-refractivity contribution in [1.82, 2.24) is 5.32 Å². The fraction of sp³-hybridized carbons (Fsp3) is 0.524. The van der Waals surface area contributed by atoms with Gasteiger partial charge in [-0.3, -0.25) is 14.4 Å². The van der Waals surface area contributed by atoms with E-state index in [9.17, 15) is 19.6 Å². The molecule has 7 nitrogen and oxygen atoms in total. The van der Waals surface area contributed by atoms with Gasteiger partial charge in [-0.25, -0.2) is 0 Å². The molecule has 0 unspecified atom stereocenters. The van der Waals surface area contributed by atoms with E-state index in [1.807, 2.05) is 24.3 Å².